The van der Waals surface area contributed by atoms with E-state index in [0.29, 0.717) is 6.04 Å². The van der Waals surface area contributed by atoms with Gasteiger partial charge in [0, 0.05) is 12.6 Å². The van der Waals surface area contributed by atoms with Crippen LogP contribution in [0.25, 0.3) is 0 Å². The highest BCUT2D eigenvalue weighted by Crippen LogP contribution is 2.03. The maximum atomic E-state index is 13.0. The lowest BCUT2D eigenvalue weighted by Gasteiger charge is -2.23. The third kappa shape index (κ3) is 5.61. The van der Waals surface area contributed by atoms with E-state index in [-0.39, 0.29) is 5.82 Å². The molecule has 0 saturated heterocycles. The number of nitrogens with zero attached hydrogens (tertiary/aromatic N) is 1. The molecule has 0 aliphatic carbocycles. The minimum absolute atomic E-state index is 0.149. The van der Waals surface area contributed by atoms with Crippen LogP contribution < -0.4 is 5.32 Å². The molecule has 2 nitrogen and oxygen atoms in total. The summed E-state index contributed by atoms with van der Waals surface area (Å²) in [5, 5.41) is 3.49. The van der Waals surface area contributed by atoms with Gasteiger partial charge < -0.3 is 10.2 Å². The number of nitrogens with one attached hydrogen (secondary N) is 1. The van der Waals surface area contributed by atoms with Crippen LogP contribution in [-0.2, 0) is 6.42 Å². The zero-order valence-corrected chi connectivity index (χ0v) is 11.7. The van der Waals surface area contributed by atoms with Crippen molar-refractivity contribution in [2.75, 3.05) is 26.2 Å². The van der Waals surface area contributed by atoms with Crippen molar-refractivity contribution in [1.82, 2.24) is 10.2 Å². The van der Waals surface area contributed by atoms with Crippen LogP contribution in [0, 0.1) is 5.82 Å². The van der Waals surface area contributed by atoms with E-state index >= 15 is 0 Å². The van der Waals surface area contributed by atoms with E-state index in [1.165, 1.54) is 6.07 Å². The average Bonchev–Trinajstić information content (AvgIpc) is 2.36. The Labute approximate surface area is 110 Å². The van der Waals surface area contributed by atoms with Gasteiger partial charge in [-0.25, -0.2) is 4.39 Å². The van der Waals surface area contributed by atoms with Crippen LogP contribution in [0.4, 0.5) is 4.39 Å². The summed E-state index contributed by atoms with van der Waals surface area (Å²) in [6, 6.07) is 7.30. The summed E-state index contributed by atoms with van der Waals surface area (Å²) in [6.45, 7) is 10.7. The highest BCUT2D eigenvalue weighted by atomic mass is 19.1. The molecule has 0 aliphatic rings. The third-order valence-corrected chi connectivity index (χ3v) is 3.22. The molecule has 0 fully saturated rings. The number of benzene rings is 1. The Hall–Kier alpha value is -0.930. The molecule has 0 saturated carbocycles. The number of hydrogen-bond donors (Lipinski definition) is 1. The van der Waals surface area contributed by atoms with Gasteiger partial charge in [0.1, 0.15) is 5.82 Å². The second kappa shape index (κ2) is 8.22. The minimum Gasteiger partial charge on any atom is -0.313 e. The highest BCUT2D eigenvalue weighted by Gasteiger charge is 2.06. The van der Waals surface area contributed by atoms with Crippen LogP contribution in [0.1, 0.15) is 26.3 Å². The number of likely N-dealkylation sites (N-methyl/N-ethyl adjacent to an activating group) is 1. The fraction of sp³-hybridized carbons (Fsp3) is 0.600. The van der Waals surface area contributed by atoms with E-state index in [4.69, 9.17) is 0 Å². The zero-order chi connectivity index (χ0) is 13.4. The molecule has 102 valence electrons. The molecule has 1 aromatic rings. The summed E-state index contributed by atoms with van der Waals surface area (Å²) < 4.78 is 13.0. The fourth-order valence-electron chi connectivity index (χ4n) is 2.09. The summed E-state index contributed by atoms with van der Waals surface area (Å²) in [6.07, 6.45) is 0.875. The third-order valence-electron chi connectivity index (χ3n) is 3.22. The molecule has 0 spiro atoms. The van der Waals surface area contributed by atoms with Gasteiger partial charge in [-0.3, -0.25) is 0 Å². The van der Waals surface area contributed by atoms with Crippen LogP contribution in [-0.4, -0.2) is 37.1 Å². The molecule has 0 amide bonds. The first-order chi connectivity index (χ1) is 8.65. The van der Waals surface area contributed by atoms with Crippen LogP contribution in [0.3, 0.4) is 0 Å². The predicted molar refractivity (Wildman–Crippen MR) is 75.4 cm³/mol. The lowest BCUT2D eigenvalue weighted by atomic mass is 10.1. The van der Waals surface area contributed by atoms with E-state index in [1.807, 2.05) is 6.07 Å². The summed E-state index contributed by atoms with van der Waals surface area (Å²) in [7, 11) is 0. The lowest BCUT2D eigenvalue weighted by Crippen LogP contribution is -2.39. The summed E-state index contributed by atoms with van der Waals surface area (Å²) >= 11 is 0. The second-order valence-electron chi connectivity index (χ2n) is 4.72. The molecule has 0 aliphatic heterocycles. The Bertz CT molecular complexity index is 337. The van der Waals surface area contributed by atoms with Gasteiger partial charge in [-0.05, 0) is 50.7 Å². The quantitative estimate of drug-likeness (QED) is 0.765. The fourth-order valence-corrected chi connectivity index (χ4v) is 2.09. The smallest absolute Gasteiger partial charge is 0.123 e. The molecular formula is C15H25FN2. The maximum absolute atomic E-state index is 13.0. The van der Waals surface area contributed by atoms with Crippen molar-refractivity contribution in [3.05, 3.63) is 35.6 Å². The standard InChI is InChI=1S/C15H25FN2/c1-4-18(5-2)12-13(3)17-10-9-14-7-6-8-15(16)11-14/h6-8,11,13,17H,4-5,9-10,12H2,1-3H3. The van der Waals surface area contributed by atoms with Crippen LogP contribution in [0.2, 0.25) is 0 Å². The zero-order valence-electron chi connectivity index (χ0n) is 11.7. The SMILES string of the molecule is CCN(CC)CC(C)NCCc1cccc(F)c1. The van der Waals surface area contributed by atoms with Gasteiger partial charge in [-0.2, -0.15) is 0 Å². The molecule has 1 N–H and O–H groups in total. The monoisotopic (exact) mass is 252 g/mol. The van der Waals surface area contributed by atoms with E-state index in [1.54, 1.807) is 12.1 Å². The van der Waals surface area contributed by atoms with Crippen molar-refractivity contribution < 1.29 is 4.39 Å². The first-order valence-electron chi connectivity index (χ1n) is 6.85. The van der Waals surface area contributed by atoms with Crippen molar-refractivity contribution in [2.24, 2.45) is 0 Å². The van der Waals surface area contributed by atoms with Gasteiger partial charge in [0.15, 0.2) is 0 Å². The Morgan fingerprint density at radius 1 is 1.28 bits per heavy atom. The number of hydrogen-bond acceptors (Lipinski definition) is 2. The predicted octanol–water partition coefficient (Wildman–Crippen LogP) is 2.69. The molecule has 1 atom stereocenters. The summed E-state index contributed by atoms with van der Waals surface area (Å²) in [5.41, 5.74) is 1.05. The first kappa shape index (κ1) is 15.1. The van der Waals surface area contributed by atoms with Gasteiger partial charge >= 0.3 is 0 Å². The molecule has 1 rings (SSSR count). The molecule has 18 heavy (non-hydrogen) atoms. The Morgan fingerprint density at radius 3 is 2.61 bits per heavy atom. The van der Waals surface area contributed by atoms with Crippen LogP contribution in [0.15, 0.2) is 24.3 Å². The van der Waals surface area contributed by atoms with E-state index in [9.17, 15) is 4.39 Å². The van der Waals surface area contributed by atoms with Crippen molar-refractivity contribution in [3.63, 3.8) is 0 Å². The van der Waals surface area contributed by atoms with Gasteiger partial charge in [0.2, 0.25) is 0 Å². The Balaban J connectivity index is 2.25. The maximum Gasteiger partial charge on any atom is 0.123 e. The van der Waals surface area contributed by atoms with Gasteiger partial charge in [0.25, 0.3) is 0 Å². The van der Waals surface area contributed by atoms with Crippen molar-refractivity contribution in [3.8, 4) is 0 Å². The Morgan fingerprint density at radius 2 is 2.00 bits per heavy atom. The molecule has 3 heteroatoms. The molecular weight excluding hydrogens is 227 g/mol. The summed E-state index contributed by atoms with van der Waals surface area (Å²) in [4.78, 5) is 2.40. The lowest BCUT2D eigenvalue weighted by molar-refractivity contribution is 0.272. The Kier molecular flexibility index (Phi) is 6.91. The van der Waals surface area contributed by atoms with Crippen molar-refractivity contribution in [1.29, 1.82) is 0 Å². The normalized spacial score (nSPS) is 12.9. The van der Waals surface area contributed by atoms with E-state index in [2.05, 4.69) is 31.0 Å². The minimum atomic E-state index is -0.149. The second-order valence-corrected chi connectivity index (χ2v) is 4.72. The van der Waals surface area contributed by atoms with Gasteiger partial charge in [-0.15, -0.1) is 0 Å². The highest BCUT2D eigenvalue weighted by molar-refractivity contribution is 5.16. The summed E-state index contributed by atoms with van der Waals surface area (Å²) in [5.74, 6) is -0.149. The number of halogens is 1. The largest absolute Gasteiger partial charge is 0.313 e. The molecule has 0 aromatic heterocycles. The number of rotatable bonds is 8. The van der Waals surface area contributed by atoms with E-state index in [0.717, 1.165) is 38.2 Å². The first-order valence-corrected chi connectivity index (χ1v) is 6.85. The van der Waals surface area contributed by atoms with Crippen molar-refractivity contribution in [2.45, 2.75) is 33.2 Å². The molecule has 1 aromatic carbocycles. The molecule has 0 bridgehead atoms. The van der Waals surface area contributed by atoms with Gasteiger partial charge in [0.05, 0.1) is 0 Å². The molecule has 0 heterocycles. The van der Waals surface area contributed by atoms with Crippen LogP contribution in [0.5, 0.6) is 0 Å². The average molecular weight is 252 g/mol. The van der Waals surface area contributed by atoms with Crippen molar-refractivity contribution >= 4 is 0 Å². The topological polar surface area (TPSA) is 15.3 Å². The molecule has 0 radical (unpaired) electrons. The van der Waals surface area contributed by atoms with Crippen LogP contribution >= 0.6 is 0 Å². The van der Waals surface area contributed by atoms with Gasteiger partial charge in [-0.1, -0.05) is 26.0 Å². The van der Waals surface area contributed by atoms with E-state index < -0.39 is 0 Å². The molecule has 1 unspecified atom stereocenters.